The minimum Gasteiger partial charge on any atom is -0.372 e. The molecular formula is C17H23N5O2. The number of hydrogen-bond acceptors (Lipinski definition) is 6. The molecule has 0 unspecified atom stereocenters. The third-order valence-electron chi connectivity index (χ3n) is 4.59. The number of rotatable bonds is 4. The van der Waals surface area contributed by atoms with E-state index in [1.54, 1.807) is 25.5 Å². The SMILES string of the molecule is CO[C@@H](C)C(=O)N[C@]1(c2ccnc3nccnc23)CNC[C@@H](C)C1. The highest BCUT2D eigenvalue weighted by molar-refractivity contribution is 5.83. The predicted molar refractivity (Wildman–Crippen MR) is 90.3 cm³/mol. The van der Waals surface area contributed by atoms with Gasteiger partial charge in [0.1, 0.15) is 11.6 Å². The van der Waals surface area contributed by atoms with Crippen LogP contribution >= 0.6 is 0 Å². The molecule has 2 N–H and O–H groups in total. The van der Waals surface area contributed by atoms with Crippen LogP contribution in [0.25, 0.3) is 11.2 Å². The number of amides is 1. The van der Waals surface area contributed by atoms with Gasteiger partial charge in [0.15, 0.2) is 5.65 Å². The number of pyridine rings is 1. The number of nitrogens with one attached hydrogen (secondary N) is 2. The van der Waals surface area contributed by atoms with Crippen LogP contribution in [0.2, 0.25) is 0 Å². The second-order valence-corrected chi connectivity index (χ2v) is 6.48. The van der Waals surface area contributed by atoms with E-state index in [9.17, 15) is 4.79 Å². The highest BCUT2D eigenvalue weighted by atomic mass is 16.5. The molecule has 2 aromatic rings. The molecule has 3 rings (SSSR count). The van der Waals surface area contributed by atoms with Crippen molar-refractivity contribution in [3.8, 4) is 0 Å². The zero-order chi connectivity index (χ0) is 17.2. The molecule has 1 aliphatic rings. The fourth-order valence-electron chi connectivity index (χ4n) is 3.35. The van der Waals surface area contributed by atoms with Gasteiger partial charge < -0.3 is 15.4 Å². The molecular weight excluding hydrogens is 306 g/mol. The van der Waals surface area contributed by atoms with Crippen LogP contribution in [-0.2, 0) is 15.1 Å². The smallest absolute Gasteiger partial charge is 0.249 e. The number of carbonyl (C=O) groups is 1. The van der Waals surface area contributed by atoms with Crippen LogP contribution < -0.4 is 10.6 Å². The monoisotopic (exact) mass is 329 g/mol. The summed E-state index contributed by atoms with van der Waals surface area (Å²) in [6.07, 6.45) is 5.30. The van der Waals surface area contributed by atoms with Crippen LogP contribution in [0.3, 0.4) is 0 Å². The number of methoxy groups -OCH3 is 1. The van der Waals surface area contributed by atoms with Crippen molar-refractivity contribution in [2.45, 2.75) is 31.9 Å². The van der Waals surface area contributed by atoms with Crippen molar-refractivity contribution in [1.82, 2.24) is 25.6 Å². The van der Waals surface area contributed by atoms with Gasteiger partial charge in [-0.25, -0.2) is 9.97 Å². The lowest BCUT2D eigenvalue weighted by Gasteiger charge is -2.42. The van der Waals surface area contributed by atoms with Crippen LogP contribution in [0.5, 0.6) is 0 Å². The first-order valence-electron chi connectivity index (χ1n) is 8.17. The summed E-state index contributed by atoms with van der Waals surface area (Å²) in [5.74, 6) is 0.277. The second kappa shape index (κ2) is 6.78. The lowest BCUT2D eigenvalue weighted by Crippen LogP contribution is -2.59. The molecule has 1 fully saturated rings. The van der Waals surface area contributed by atoms with Gasteiger partial charge in [-0.3, -0.25) is 9.78 Å². The minimum atomic E-state index is -0.557. The number of hydrogen-bond donors (Lipinski definition) is 2. The zero-order valence-electron chi connectivity index (χ0n) is 14.2. The maximum absolute atomic E-state index is 12.5. The number of piperidine rings is 1. The first-order chi connectivity index (χ1) is 11.6. The number of nitrogens with zero attached hydrogens (tertiary/aromatic N) is 3. The fourth-order valence-corrected chi connectivity index (χ4v) is 3.35. The molecule has 3 atom stereocenters. The maximum atomic E-state index is 12.5. The summed E-state index contributed by atoms with van der Waals surface area (Å²) >= 11 is 0. The molecule has 1 saturated heterocycles. The molecule has 2 aromatic heterocycles. The van der Waals surface area contributed by atoms with Crippen LogP contribution in [0, 0.1) is 5.92 Å². The zero-order valence-corrected chi connectivity index (χ0v) is 14.2. The minimum absolute atomic E-state index is 0.137. The van der Waals surface area contributed by atoms with Crippen molar-refractivity contribution in [2.24, 2.45) is 5.92 Å². The highest BCUT2D eigenvalue weighted by Gasteiger charge is 2.40. The van der Waals surface area contributed by atoms with E-state index in [-0.39, 0.29) is 5.91 Å². The molecule has 0 saturated carbocycles. The Labute approximate surface area is 141 Å². The molecule has 0 bridgehead atoms. The van der Waals surface area contributed by atoms with Crippen molar-refractivity contribution in [3.63, 3.8) is 0 Å². The maximum Gasteiger partial charge on any atom is 0.249 e. The summed E-state index contributed by atoms with van der Waals surface area (Å²) in [6, 6.07) is 1.93. The van der Waals surface area contributed by atoms with E-state index in [0.717, 1.165) is 24.0 Å². The predicted octanol–water partition coefficient (Wildman–Crippen LogP) is 1.00. The number of aromatic nitrogens is 3. The molecule has 24 heavy (non-hydrogen) atoms. The van der Waals surface area contributed by atoms with Crippen molar-refractivity contribution in [1.29, 1.82) is 0 Å². The topological polar surface area (TPSA) is 89.0 Å². The van der Waals surface area contributed by atoms with Gasteiger partial charge in [0.25, 0.3) is 0 Å². The molecule has 0 aromatic carbocycles. The normalized spacial score (nSPS) is 25.4. The average molecular weight is 329 g/mol. The molecule has 0 aliphatic carbocycles. The van der Waals surface area contributed by atoms with E-state index in [4.69, 9.17) is 4.74 Å². The Kier molecular flexibility index (Phi) is 4.73. The Morgan fingerprint density at radius 2 is 2.12 bits per heavy atom. The van der Waals surface area contributed by atoms with Crippen molar-refractivity contribution in [3.05, 3.63) is 30.2 Å². The summed E-state index contributed by atoms with van der Waals surface area (Å²) in [6.45, 7) is 5.47. The van der Waals surface area contributed by atoms with Gasteiger partial charge in [-0.05, 0) is 31.9 Å². The van der Waals surface area contributed by atoms with Gasteiger partial charge in [0.05, 0.1) is 5.54 Å². The Morgan fingerprint density at radius 1 is 1.38 bits per heavy atom. The Morgan fingerprint density at radius 3 is 2.88 bits per heavy atom. The van der Waals surface area contributed by atoms with E-state index in [1.165, 1.54) is 7.11 Å². The summed E-state index contributed by atoms with van der Waals surface area (Å²) < 4.78 is 5.18. The van der Waals surface area contributed by atoms with E-state index >= 15 is 0 Å². The van der Waals surface area contributed by atoms with Crippen LogP contribution in [-0.4, -0.2) is 47.2 Å². The van der Waals surface area contributed by atoms with Crippen molar-refractivity contribution in [2.75, 3.05) is 20.2 Å². The van der Waals surface area contributed by atoms with Gasteiger partial charge in [0.2, 0.25) is 5.91 Å². The highest BCUT2D eigenvalue weighted by Crippen LogP contribution is 2.34. The average Bonchev–Trinajstić information content (AvgIpc) is 2.60. The van der Waals surface area contributed by atoms with Gasteiger partial charge in [0, 0.05) is 37.8 Å². The molecule has 1 aliphatic heterocycles. The Bertz CT molecular complexity index is 732. The third-order valence-corrected chi connectivity index (χ3v) is 4.59. The molecule has 128 valence electrons. The van der Waals surface area contributed by atoms with Gasteiger partial charge in [-0.1, -0.05) is 6.92 Å². The fraction of sp³-hybridized carbons (Fsp3) is 0.529. The first kappa shape index (κ1) is 16.7. The molecule has 7 nitrogen and oxygen atoms in total. The van der Waals surface area contributed by atoms with Gasteiger partial charge >= 0.3 is 0 Å². The van der Waals surface area contributed by atoms with Crippen LogP contribution in [0.1, 0.15) is 25.8 Å². The summed E-state index contributed by atoms with van der Waals surface area (Å²) in [5, 5.41) is 6.63. The van der Waals surface area contributed by atoms with Crippen molar-refractivity contribution >= 4 is 17.1 Å². The lowest BCUT2D eigenvalue weighted by atomic mass is 9.78. The number of carbonyl (C=O) groups excluding carboxylic acids is 1. The third kappa shape index (κ3) is 3.09. The van der Waals surface area contributed by atoms with Crippen LogP contribution in [0.15, 0.2) is 24.7 Å². The standard InChI is InChI=1S/C17H23N5O2/c1-11-8-17(10-18-9-11,22-16(23)12(2)24-3)13-4-5-20-15-14(13)19-6-7-21-15/h4-7,11-12,18H,8-10H2,1-3H3,(H,22,23)/t11-,12-,17-/m0/s1. The molecule has 0 spiro atoms. The largest absolute Gasteiger partial charge is 0.372 e. The van der Waals surface area contributed by atoms with Crippen LogP contribution in [0.4, 0.5) is 0 Å². The molecule has 7 heteroatoms. The Balaban J connectivity index is 2.08. The van der Waals surface area contributed by atoms with E-state index < -0.39 is 11.6 Å². The summed E-state index contributed by atoms with van der Waals surface area (Å²) in [5.41, 5.74) is 1.69. The second-order valence-electron chi connectivity index (χ2n) is 6.48. The lowest BCUT2D eigenvalue weighted by molar-refractivity contribution is -0.132. The first-order valence-corrected chi connectivity index (χ1v) is 8.17. The van der Waals surface area contributed by atoms with E-state index in [0.29, 0.717) is 18.1 Å². The van der Waals surface area contributed by atoms with E-state index in [2.05, 4.69) is 32.5 Å². The Hall–Kier alpha value is -2.12. The number of fused-ring (bicyclic) bond motifs is 1. The molecule has 1 amide bonds. The van der Waals surface area contributed by atoms with Gasteiger partial charge in [-0.15, -0.1) is 0 Å². The number of ether oxygens (including phenoxy) is 1. The van der Waals surface area contributed by atoms with Gasteiger partial charge in [-0.2, -0.15) is 0 Å². The van der Waals surface area contributed by atoms with Crippen molar-refractivity contribution < 1.29 is 9.53 Å². The van der Waals surface area contributed by atoms with E-state index in [1.807, 2.05) is 6.07 Å². The summed E-state index contributed by atoms with van der Waals surface area (Å²) in [4.78, 5) is 25.6. The molecule has 3 heterocycles. The summed E-state index contributed by atoms with van der Waals surface area (Å²) in [7, 11) is 1.53. The molecule has 0 radical (unpaired) electrons. The quantitative estimate of drug-likeness (QED) is 0.870.